The third-order valence-corrected chi connectivity index (χ3v) is 5.69. The van der Waals surface area contributed by atoms with Gasteiger partial charge in [0.25, 0.3) is 5.91 Å². The molecule has 0 unspecified atom stereocenters. The van der Waals surface area contributed by atoms with E-state index in [4.69, 9.17) is 12.2 Å². The molecule has 1 heterocycles. The number of carboxylic acid groups (broad SMARTS) is 1. The van der Waals surface area contributed by atoms with Crippen molar-refractivity contribution in [2.45, 2.75) is 26.3 Å². The minimum atomic E-state index is -1.27. The zero-order valence-electron chi connectivity index (χ0n) is 13.7. The Morgan fingerprint density at radius 1 is 1.46 bits per heavy atom. The average molecular weight is 381 g/mol. The largest absolute Gasteiger partial charge is 0.548 e. The number of amides is 1. The molecule has 0 N–H and O–H groups in total. The molecule has 0 saturated carbocycles. The molecule has 0 aliphatic carbocycles. The Labute approximate surface area is 155 Å². The summed E-state index contributed by atoms with van der Waals surface area (Å²) in [4.78, 5) is 25.7. The first-order valence-corrected chi connectivity index (χ1v) is 10.0. The van der Waals surface area contributed by atoms with Crippen molar-refractivity contribution < 1.29 is 14.7 Å². The Kier molecular flexibility index (Phi) is 6.48. The summed E-state index contributed by atoms with van der Waals surface area (Å²) in [5.41, 5.74) is 3.13. The Balaban J connectivity index is 2.30. The van der Waals surface area contributed by atoms with Crippen molar-refractivity contribution in [1.29, 1.82) is 0 Å². The molecule has 4 nitrogen and oxygen atoms in total. The molecule has 1 atom stereocenters. The number of aryl methyl sites for hydroxylation is 2. The first kappa shape index (κ1) is 19.0. The molecule has 1 aromatic carbocycles. The Morgan fingerprint density at radius 3 is 2.75 bits per heavy atom. The number of carboxylic acids is 1. The van der Waals surface area contributed by atoms with Gasteiger partial charge in [0.15, 0.2) is 0 Å². The number of hydrogen-bond acceptors (Lipinski definition) is 6. The molecule has 0 aromatic heterocycles. The molecule has 24 heavy (non-hydrogen) atoms. The molecule has 1 fully saturated rings. The van der Waals surface area contributed by atoms with Crippen LogP contribution in [0.2, 0.25) is 0 Å². The second kappa shape index (κ2) is 8.18. The van der Waals surface area contributed by atoms with Crippen LogP contribution in [0.15, 0.2) is 23.1 Å². The van der Waals surface area contributed by atoms with Crippen molar-refractivity contribution in [2.24, 2.45) is 0 Å². The fourth-order valence-corrected chi connectivity index (χ4v) is 4.27. The highest BCUT2D eigenvalue weighted by Gasteiger charge is 2.37. The van der Waals surface area contributed by atoms with E-state index in [1.165, 1.54) is 16.7 Å². The van der Waals surface area contributed by atoms with E-state index < -0.39 is 12.0 Å². The number of carbonyl (C=O) groups excluding carboxylic acids is 2. The van der Waals surface area contributed by atoms with Crippen LogP contribution < -0.4 is 5.11 Å². The van der Waals surface area contributed by atoms with Crippen LogP contribution in [-0.4, -0.2) is 39.1 Å². The number of rotatable bonds is 6. The van der Waals surface area contributed by atoms with Gasteiger partial charge in [-0.1, -0.05) is 47.7 Å². The van der Waals surface area contributed by atoms with Crippen LogP contribution in [0.1, 0.15) is 23.1 Å². The summed E-state index contributed by atoms with van der Waals surface area (Å²) in [6, 6.07) is 4.94. The van der Waals surface area contributed by atoms with Gasteiger partial charge in [0.2, 0.25) is 0 Å². The number of thioether (sulfide) groups is 2. The van der Waals surface area contributed by atoms with E-state index >= 15 is 0 Å². The molecule has 1 aromatic rings. The lowest BCUT2D eigenvalue weighted by Crippen LogP contribution is -2.50. The van der Waals surface area contributed by atoms with Gasteiger partial charge >= 0.3 is 0 Å². The van der Waals surface area contributed by atoms with Gasteiger partial charge in [-0.2, -0.15) is 11.8 Å². The van der Waals surface area contributed by atoms with Crippen molar-refractivity contribution in [3.8, 4) is 0 Å². The lowest BCUT2D eigenvalue weighted by Gasteiger charge is -2.27. The van der Waals surface area contributed by atoms with Crippen LogP contribution in [0.25, 0.3) is 6.08 Å². The monoisotopic (exact) mass is 380 g/mol. The van der Waals surface area contributed by atoms with E-state index in [1.807, 2.05) is 38.3 Å². The van der Waals surface area contributed by atoms with Crippen molar-refractivity contribution in [3.63, 3.8) is 0 Å². The standard InChI is InChI=1S/C17H19NO3S3/c1-10-4-5-12(11(2)8-10)9-14-15(19)18(17(22)24-14)13(16(20)21)6-7-23-3/h4-5,8-9,13H,6-7H2,1-3H3,(H,20,21)/p-1/b14-9+/t13-/m0/s1. The van der Waals surface area contributed by atoms with E-state index in [1.54, 1.807) is 6.08 Å². The van der Waals surface area contributed by atoms with Crippen LogP contribution in [0, 0.1) is 13.8 Å². The molecule has 0 bridgehead atoms. The van der Waals surface area contributed by atoms with Crippen molar-refractivity contribution in [1.82, 2.24) is 4.90 Å². The summed E-state index contributed by atoms with van der Waals surface area (Å²) in [6.45, 7) is 3.98. The summed E-state index contributed by atoms with van der Waals surface area (Å²) >= 11 is 7.90. The molecule has 128 valence electrons. The molecular formula is C17H18NO3S3-. The van der Waals surface area contributed by atoms with E-state index in [2.05, 4.69) is 0 Å². The zero-order chi connectivity index (χ0) is 17.9. The smallest absolute Gasteiger partial charge is 0.266 e. The van der Waals surface area contributed by atoms with E-state index in [0.29, 0.717) is 17.1 Å². The average Bonchev–Trinajstić information content (AvgIpc) is 2.78. The number of carbonyl (C=O) groups is 2. The van der Waals surface area contributed by atoms with E-state index in [-0.39, 0.29) is 10.2 Å². The second-order valence-corrected chi connectivity index (χ2v) is 8.19. The molecular weight excluding hydrogens is 362 g/mol. The fraction of sp³-hybridized carbons (Fsp3) is 0.353. The predicted molar refractivity (Wildman–Crippen MR) is 103 cm³/mol. The van der Waals surface area contributed by atoms with Gasteiger partial charge in [-0.3, -0.25) is 9.69 Å². The molecule has 0 radical (unpaired) electrons. The van der Waals surface area contributed by atoms with Crippen molar-refractivity contribution in [3.05, 3.63) is 39.8 Å². The summed E-state index contributed by atoms with van der Waals surface area (Å²) in [5.74, 6) is -1.01. The van der Waals surface area contributed by atoms with Crippen LogP contribution in [0.5, 0.6) is 0 Å². The third kappa shape index (κ3) is 4.20. The molecule has 7 heteroatoms. The van der Waals surface area contributed by atoms with Gasteiger partial charge in [-0.15, -0.1) is 0 Å². The first-order valence-electron chi connectivity index (χ1n) is 7.39. The second-order valence-electron chi connectivity index (χ2n) is 5.53. The maximum absolute atomic E-state index is 12.7. The number of benzene rings is 1. The quantitative estimate of drug-likeness (QED) is 0.558. The van der Waals surface area contributed by atoms with E-state index in [0.717, 1.165) is 28.5 Å². The van der Waals surface area contributed by atoms with Gasteiger partial charge < -0.3 is 9.90 Å². The van der Waals surface area contributed by atoms with Crippen LogP contribution in [0.3, 0.4) is 0 Å². The SMILES string of the molecule is CSCC[C@@H](C(=O)[O-])N1C(=O)/C(=C\c2ccc(C)cc2C)SC1=S. The molecule has 1 aliphatic heterocycles. The van der Waals surface area contributed by atoms with Gasteiger partial charge in [-0.05, 0) is 49.5 Å². The minimum Gasteiger partial charge on any atom is -0.548 e. The minimum absolute atomic E-state index is 0.270. The molecule has 0 spiro atoms. The number of thiocarbonyl (C=S) groups is 1. The summed E-state index contributed by atoms with van der Waals surface area (Å²) in [6.07, 6.45) is 3.97. The fourth-order valence-electron chi connectivity index (χ4n) is 2.46. The Morgan fingerprint density at radius 2 is 2.17 bits per heavy atom. The van der Waals surface area contributed by atoms with Gasteiger partial charge in [0, 0.05) is 0 Å². The number of aliphatic carboxylic acids is 1. The maximum Gasteiger partial charge on any atom is 0.266 e. The third-order valence-electron chi connectivity index (χ3n) is 3.71. The van der Waals surface area contributed by atoms with E-state index in [9.17, 15) is 14.7 Å². The van der Waals surface area contributed by atoms with Gasteiger partial charge in [-0.25, -0.2) is 0 Å². The lowest BCUT2D eigenvalue weighted by atomic mass is 10.1. The van der Waals surface area contributed by atoms with Crippen molar-refractivity contribution >= 4 is 58.0 Å². The molecule has 2 rings (SSSR count). The van der Waals surface area contributed by atoms with Crippen LogP contribution >= 0.6 is 35.7 Å². The van der Waals surface area contributed by atoms with Gasteiger partial charge in [0.1, 0.15) is 4.32 Å². The van der Waals surface area contributed by atoms with Crippen LogP contribution in [-0.2, 0) is 9.59 Å². The Bertz CT molecular complexity index is 715. The highest BCUT2D eigenvalue weighted by Crippen LogP contribution is 2.35. The predicted octanol–water partition coefficient (Wildman–Crippen LogP) is 2.38. The first-order chi connectivity index (χ1) is 11.3. The summed E-state index contributed by atoms with van der Waals surface area (Å²) < 4.78 is 0.270. The topological polar surface area (TPSA) is 60.4 Å². The zero-order valence-corrected chi connectivity index (χ0v) is 16.1. The number of hydrogen-bond donors (Lipinski definition) is 0. The molecule has 1 aliphatic rings. The van der Waals surface area contributed by atoms with Crippen molar-refractivity contribution in [2.75, 3.05) is 12.0 Å². The summed E-state index contributed by atoms with van der Waals surface area (Å²) in [7, 11) is 0. The van der Waals surface area contributed by atoms with Gasteiger partial charge in [0.05, 0.1) is 16.9 Å². The molecule has 1 amide bonds. The highest BCUT2D eigenvalue weighted by atomic mass is 32.2. The molecule has 1 saturated heterocycles. The maximum atomic E-state index is 12.7. The van der Waals surface area contributed by atoms with Crippen LogP contribution in [0.4, 0.5) is 0 Å². The Hall–Kier alpha value is -1.31. The number of nitrogens with zero attached hydrogens (tertiary/aromatic N) is 1. The highest BCUT2D eigenvalue weighted by molar-refractivity contribution is 8.26. The summed E-state index contributed by atoms with van der Waals surface area (Å²) in [5, 5.41) is 11.4. The lowest BCUT2D eigenvalue weighted by molar-refractivity contribution is -0.310. The normalized spacial score (nSPS) is 17.6.